The van der Waals surface area contributed by atoms with Crippen LogP contribution in [0.1, 0.15) is 0 Å². The summed E-state index contributed by atoms with van der Waals surface area (Å²) < 4.78 is 39.8. The Bertz CT molecular complexity index is 814. The number of nitrogens with zero attached hydrogens (tertiary/aromatic N) is 1. The molecule has 24 heavy (non-hydrogen) atoms. The molecule has 0 saturated carbocycles. The first-order chi connectivity index (χ1) is 11.1. The Morgan fingerprint density at radius 3 is 2.38 bits per heavy atom. The standard InChI is InChI=1S/C12H12N2O9S/c1-22-11(15)6-9(12(16)23-2)13-8-4-3-7(24(19,20)21)5-10(8)14(17)18/h3-6,13H,1-2H3,(H,19,20,21)/b9-6+. The molecule has 0 aliphatic carbocycles. The molecule has 1 aromatic rings. The van der Waals surface area contributed by atoms with Gasteiger partial charge >= 0.3 is 11.9 Å². The number of anilines is 1. The van der Waals surface area contributed by atoms with Crippen molar-refractivity contribution in [3.05, 3.63) is 40.1 Å². The van der Waals surface area contributed by atoms with E-state index in [4.69, 9.17) is 4.55 Å². The molecule has 2 N–H and O–H groups in total. The van der Waals surface area contributed by atoms with E-state index in [1.165, 1.54) is 0 Å². The molecule has 0 aliphatic rings. The first kappa shape index (κ1) is 19.1. The van der Waals surface area contributed by atoms with E-state index in [-0.39, 0.29) is 5.69 Å². The SMILES string of the molecule is COC(=O)/C=C(/Nc1ccc(S(=O)(=O)O)cc1[N+](=O)[O-])C(=O)OC. The Hall–Kier alpha value is -2.99. The number of hydrogen-bond acceptors (Lipinski definition) is 9. The van der Waals surface area contributed by atoms with E-state index in [0.717, 1.165) is 26.4 Å². The van der Waals surface area contributed by atoms with Gasteiger partial charge in [0.1, 0.15) is 16.3 Å². The van der Waals surface area contributed by atoms with Gasteiger partial charge in [-0.15, -0.1) is 0 Å². The van der Waals surface area contributed by atoms with Crippen LogP contribution in [0, 0.1) is 10.1 Å². The molecule has 130 valence electrons. The molecule has 0 bridgehead atoms. The molecule has 0 radical (unpaired) electrons. The van der Waals surface area contributed by atoms with Crippen molar-refractivity contribution < 1.29 is 37.0 Å². The summed E-state index contributed by atoms with van der Waals surface area (Å²) in [4.78, 5) is 32.3. The number of methoxy groups -OCH3 is 2. The van der Waals surface area contributed by atoms with Crippen LogP contribution in [-0.4, -0.2) is 44.1 Å². The zero-order valence-corrected chi connectivity index (χ0v) is 13.2. The summed E-state index contributed by atoms with van der Waals surface area (Å²) in [5, 5.41) is 13.4. The van der Waals surface area contributed by atoms with Gasteiger partial charge in [0.05, 0.1) is 25.2 Å². The summed E-state index contributed by atoms with van der Waals surface area (Å²) in [6, 6.07) is 2.40. The maximum Gasteiger partial charge on any atom is 0.354 e. The lowest BCUT2D eigenvalue weighted by Crippen LogP contribution is -2.16. The first-order valence-corrected chi connectivity index (χ1v) is 7.45. The van der Waals surface area contributed by atoms with Gasteiger partial charge in [0.2, 0.25) is 0 Å². The lowest BCUT2D eigenvalue weighted by Gasteiger charge is -2.10. The van der Waals surface area contributed by atoms with Crippen molar-refractivity contribution in [3.8, 4) is 0 Å². The van der Waals surface area contributed by atoms with Crippen molar-refractivity contribution >= 4 is 33.4 Å². The zero-order chi connectivity index (χ0) is 18.5. The van der Waals surface area contributed by atoms with Crippen LogP contribution < -0.4 is 5.32 Å². The van der Waals surface area contributed by atoms with Crippen molar-refractivity contribution in [2.45, 2.75) is 4.90 Å². The Kier molecular flexibility index (Phi) is 5.97. The molecular formula is C12H12N2O9S. The average molecular weight is 360 g/mol. The van der Waals surface area contributed by atoms with Crippen LogP contribution in [-0.2, 0) is 29.2 Å². The Balaban J connectivity index is 3.39. The number of carbonyl (C=O) groups is 2. The maximum absolute atomic E-state index is 11.6. The summed E-state index contributed by atoms with van der Waals surface area (Å²) in [6.07, 6.45) is 0.701. The molecule has 0 spiro atoms. The summed E-state index contributed by atoms with van der Waals surface area (Å²) in [7, 11) is -2.59. The Morgan fingerprint density at radius 1 is 1.29 bits per heavy atom. The fraction of sp³-hybridized carbons (Fsp3) is 0.167. The number of benzene rings is 1. The highest BCUT2D eigenvalue weighted by Gasteiger charge is 2.22. The minimum atomic E-state index is -4.66. The van der Waals surface area contributed by atoms with Crippen LogP contribution in [0.15, 0.2) is 34.9 Å². The van der Waals surface area contributed by atoms with Gasteiger partial charge in [0.15, 0.2) is 0 Å². The highest BCUT2D eigenvalue weighted by atomic mass is 32.2. The Morgan fingerprint density at radius 2 is 1.92 bits per heavy atom. The Labute approximate surface area is 135 Å². The third kappa shape index (κ3) is 4.76. The summed E-state index contributed by atoms with van der Waals surface area (Å²) in [6.45, 7) is 0. The largest absolute Gasteiger partial charge is 0.466 e. The van der Waals surface area contributed by atoms with Gasteiger partial charge in [-0.3, -0.25) is 14.7 Å². The second kappa shape index (κ2) is 7.52. The summed E-state index contributed by atoms with van der Waals surface area (Å²) in [5.74, 6) is -1.95. The summed E-state index contributed by atoms with van der Waals surface area (Å²) >= 11 is 0. The van der Waals surface area contributed by atoms with Crippen LogP contribution in [0.2, 0.25) is 0 Å². The molecule has 0 amide bonds. The average Bonchev–Trinajstić information content (AvgIpc) is 2.52. The first-order valence-electron chi connectivity index (χ1n) is 6.01. The van der Waals surface area contributed by atoms with Crippen molar-refractivity contribution in [2.75, 3.05) is 19.5 Å². The third-order valence-corrected chi connectivity index (χ3v) is 3.45. The molecular weight excluding hydrogens is 348 g/mol. The van der Waals surface area contributed by atoms with Crippen molar-refractivity contribution in [3.63, 3.8) is 0 Å². The van der Waals surface area contributed by atoms with E-state index in [2.05, 4.69) is 14.8 Å². The predicted octanol–water partition coefficient (Wildman–Crippen LogP) is 0.483. The van der Waals surface area contributed by atoms with Crippen molar-refractivity contribution in [1.82, 2.24) is 0 Å². The lowest BCUT2D eigenvalue weighted by molar-refractivity contribution is -0.384. The molecule has 0 saturated heterocycles. The van der Waals surface area contributed by atoms with Crippen LogP contribution in [0.3, 0.4) is 0 Å². The lowest BCUT2D eigenvalue weighted by atomic mass is 10.2. The van der Waals surface area contributed by atoms with Gasteiger partial charge in [-0.1, -0.05) is 0 Å². The quantitative estimate of drug-likeness (QED) is 0.240. The van der Waals surface area contributed by atoms with Crippen LogP contribution >= 0.6 is 0 Å². The van der Waals surface area contributed by atoms with Crippen LogP contribution in [0.25, 0.3) is 0 Å². The van der Waals surface area contributed by atoms with E-state index < -0.39 is 43.3 Å². The minimum Gasteiger partial charge on any atom is -0.466 e. The molecule has 0 heterocycles. The summed E-state index contributed by atoms with van der Waals surface area (Å²) in [5.41, 5.74) is -1.55. The number of nitrogens with one attached hydrogen (secondary N) is 1. The third-order valence-electron chi connectivity index (χ3n) is 2.60. The molecule has 0 aromatic heterocycles. The minimum absolute atomic E-state index is 0.312. The molecule has 0 fully saturated rings. The van der Waals surface area contributed by atoms with Crippen molar-refractivity contribution in [2.24, 2.45) is 0 Å². The van der Waals surface area contributed by atoms with Gasteiger partial charge in [-0.05, 0) is 12.1 Å². The number of esters is 2. The number of carbonyl (C=O) groups excluding carboxylic acids is 2. The molecule has 11 nitrogen and oxygen atoms in total. The number of nitro benzene ring substituents is 1. The van der Waals surface area contributed by atoms with E-state index >= 15 is 0 Å². The van der Waals surface area contributed by atoms with Crippen LogP contribution in [0.5, 0.6) is 0 Å². The van der Waals surface area contributed by atoms with E-state index in [9.17, 15) is 28.1 Å². The number of ether oxygens (including phenoxy) is 2. The van der Waals surface area contributed by atoms with Gasteiger partial charge in [-0.25, -0.2) is 9.59 Å². The van der Waals surface area contributed by atoms with E-state index in [0.29, 0.717) is 12.1 Å². The number of nitro groups is 1. The normalized spacial score (nSPS) is 11.5. The van der Waals surface area contributed by atoms with Gasteiger partial charge in [0, 0.05) is 6.07 Å². The monoisotopic (exact) mass is 360 g/mol. The molecule has 0 atom stereocenters. The fourth-order valence-electron chi connectivity index (χ4n) is 1.51. The fourth-order valence-corrected chi connectivity index (χ4v) is 2.01. The second-order valence-corrected chi connectivity index (χ2v) is 5.53. The molecule has 1 rings (SSSR count). The maximum atomic E-state index is 11.6. The van der Waals surface area contributed by atoms with Crippen molar-refractivity contribution in [1.29, 1.82) is 0 Å². The highest BCUT2D eigenvalue weighted by Crippen LogP contribution is 2.28. The molecule has 12 heteroatoms. The number of rotatable bonds is 6. The zero-order valence-electron chi connectivity index (χ0n) is 12.4. The number of hydrogen-bond donors (Lipinski definition) is 2. The highest BCUT2D eigenvalue weighted by molar-refractivity contribution is 7.85. The predicted molar refractivity (Wildman–Crippen MR) is 78.6 cm³/mol. The molecule has 1 aromatic carbocycles. The van der Waals surface area contributed by atoms with E-state index in [1.807, 2.05) is 0 Å². The van der Waals surface area contributed by atoms with Gasteiger partial charge < -0.3 is 14.8 Å². The molecule has 0 unspecified atom stereocenters. The smallest absolute Gasteiger partial charge is 0.354 e. The van der Waals surface area contributed by atoms with Gasteiger partial charge in [-0.2, -0.15) is 8.42 Å². The van der Waals surface area contributed by atoms with Crippen LogP contribution in [0.4, 0.5) is 11.4 Å². The van der Waals surface area contributed by atoms with Gasteiger partial charge in [0.25, 0.3) is 15.8 Å². The molecule has 0 aliphatic heterocycles. The second-order valence-electron chi connectivity index (χ2n) is 4.11. The van der Waals surface area contributed by atoms with E-state index in [1.54, 1.807) is 0 Å². The topological polar surface area (TPSA) is 162 Å².